The average molecular weight is 992 g/mol. The number of nitrogens with one attached hydrogen (secondary N) is 6. The number of nitrogens with zero attached hydrogens (tertiary/aromatic N) is 5. The van der Waals surface area contributed by atoms with Crippen LogP contribution in [0, 0.1) is 23.7 Å². The SMILES string of the molecule is CCCCC(CCC)C1CC(=O)N(CCC(=O)N[C@H](C(=O)N[C@@H](C)C(=O)Nc2ccc(COC(=O)N3CCC[C@@H]3C(=O)NC[C@@H]3[C@@H](O)[C@H](O)[C@@H](Nc4ncnc5nc[nH]c45)O[C@H]3CO)cc2)C(C)C)C1=O. The minimum atomic E-state index is -1.48. The van der Waals surface area contributed by atoms with Crippen molar-refractivity contribution in [2.75, 3.05) is 36.9 Å². The van der Waals surface area contributed by atoms with Crippen molar-refractivity contribution in [1.82, 2.24) is 45.7 Å². The highest BCUT2D eigenvalue weighted by atomic mass is 16.6. The number of hydrogen-bond donors (Lipinski definition) is 9. The van der Waals surface area contributed by atoms with Crippen molar-refractivity contribution in [2.24, 2.45) is 23.7 Å². The number of aromatic amines is 1. The maximum Gasteiger partial charge on any atom is 0.410 e. The highest BCUT2D eigenvalue weighted by Crippen LogP contribution is 2.33. The molecule has 0 bridgehead atoms. The number of amides is 7. The molecule has 71 heavy (non-hydrogen) atoms. The van der Waals surface area contributed by atoms with Crippen LogP contribution in [0.4, 0.5) is 16.3 Å². The molecule has 3 fully saturated rings. The van der Waals surface area contributed by atoms with Crippen molar-refractivity contribution >= 4 is 64.2 Å². The maximum absolute atomic E-state index is 13.4. The Kier molecular flexibility index (Phi) is 19.2. The zero-order valence-electron chi connectivity index (χ0n) is 41.0. The van der Waals surface area contributed by atoms with E-state index in [1.807, 2.05) is 0 Å². The Morgan fingerprint density at radius 3 is 2.42 bits per heavy atom. The minimum absolute atomic E-state index is 0.0763. The molecule has 5 heterocycles. The number of fused-ring (bicyclic) bond motifs is 1. The van der Waals surface area contributed by atoms with Gasteiger partial charge < -0.3 is 56.4 Å². The van der Waals surface area contributed by atoms with Crippen LogP contribution in [0.15, 0.2) is 36.9 Å². The number of ether oxygens (including phenoxy) is 2. The lowest BCUT2D eigenvalue weighted by atomic mass is 9.83. The summed E-state index contributed by atoms with van der Waals surface area (Å²) < 4.78 is 11.5. The van der Waals surface area contributed by atoms with E-state index in [4.69, 9.17) is 9.47 Å². The second-order valence-electron chi connectivity index (χ2n) is 18.9. The molecular formula is C48H69N11O12. The number of aliphatic hydroxyl groups is 3. The normalized spacial score (nSPS) is 23.6. The Morgan fingerprint density at radius 1 is 0.958 bits per heavy atom. The number of likely N-dealkylation sites (tertiary alicyclic amines) is 2. The molecule has 1 aromatic carbocycles. The van der Waals surface area contributed by atoms with Crippen LogP contribution in [0.25, 0.3) is 11.2 Å². The molecule has 23 nitrogen and oxygen atoms in total. The van der Waals surface area contributed by atoms with E-state index in [0.29, 0.717) is 35.3 Å². The molecule has 9 N–H and O–H groups in total. The number of H-pyrrole nitrogens is 1. The van der Waals surface area contributed by atoms with Gasteiger partial charge in [-0.25, -0.2) is 19.7 Å². The molecule has 23 heteroatoms. The third-order valence-electron chi connectivity index (χ3n) is 13.5. The largest absolute Gasteiger partial charge is 0.445 e. The van der Waals surface area contributed by atoms with Crippen molar-refractivity contribution in [2.45, 2.75) is 142 Å². The van der Waals surface area contributed by atoms with Gasteiger partial charge in [-0.3, -0.25) is 38.6 Å². The molecule has 3 aliphatic rings. The predicted molar refractivity (Wildman–Crippen MR) is 256 cm³/mol. The predicted octanol–water partition coefficient (Wildman–Crippen LogP) is 1.69. The lowest BCUT2D eigenvalue weighted by Gasteiger charge is -2.42. The van der Waals surface area contributed by atoms with Gasteiger partial charge in [0.25, 0.3) is 0 Å². The highest BCUT2D eigenvalue weighted by molar-refractivity contribution is 6.04. The van der Waals surface area contributed by atoms with Crippen LogP contribution in [0.5, 0.6) is 0 Å². The summed E-state index contributed by atoms with van der Waals surface area (Å²) in [5, 5.41) is 45.9. The molecule has 3 aliphatic heterocycles. The summed E-state index contributed by atoms with van der Waals surface area (Å²) in [6.07, 6.45) is 2.41. The van der Waals surface area contributed by atoms with Crippen molar-refractivity contribution < 1.29 is 58.4 Å². The zero-order chi connectivity index (χ0) is 51.4. The molecule has 2 unspecified atom stereocenters. The molecule has 3 saturated heterocycles. The first-order valence-electron chi connectivity index (χ1n) is 24.6. The first-order valence-corrected chi connectivity index (χ1v) is 24.6. The third-order valence-corrected chi connectivity index (χ3v) is 13.5. The van der Waals surface area contributed by atoms with Crippen LogP contribution in [0.1, 0.15) is 98.0 Å². The number of unbranched alkanes of at least 4 members (excludes halogenated alkanes) is 1. The number of carbonyl (C=O) groups is 7. The Morgan fingerprint density at radius 2 is 1.72 bits per heavy atom. The van der Waals surface area contributed by atoms with Gasteiger partial charge in [-0.2, -0.15) is 0 Å². The monoisotopic (exact) mass is 992 g/mol. The summed E-state index contributed by atoms with van der Waals surface area (Å²) in [5.74, 6) is -3.89. The van der Waals surface area contributed by atoms with Gasteiger partial charge in [-0.1, -0.05) is 59.1 Å². The third kappa shape index (κ3) is 13.6. The number of hydrogen-bond acceptors (Lipinski definition) is 16. The fourth-order valence-electron chi connectivity index (χ4n) is 9.40. The fourth-order valence-corrected chi connectivity index (χ4v) is 9.40. The minimum Gasteiger partial charge on any atom is -0.445 e. The van der Waals surface area contributed by atoms with Crippen LogP contribution in [0.3, 0.4) is 0 Å². The molecule has 7 amide bonds. The van der Waals surface area contributed by atoms with Crippen LogP contribution in [0.2, 0.25) is 0 Å². The van der Waals surface area contributed by atoms with E-state index >= 15 is 0 Å². The van der Waals surface area contributed by atoms with E-state index in [2.05, 4.69) is 60.4 Å². The molecule has 0 saturated carbocycles. The smallest absolute Gasteiger partial charge is 0.410 e. The summed E-state index contributed by atoms with van der Waals surface area (Å²) in [5.41, 5.74) is 1.80. The van der Waals surface area contributed by atoms with Crippen LogP contribution < -0.4 is 26.6 Å². The topological polar surface area (TPSA) is 320 Å². The Hall–Kier alpha value is -6.30. The summed E-state index contributed by atoms with van der Waals surface area (Å²) in [7, 11) is 0. The number of benzene rings is 1. The Balaban J connectivity index is 0.918. The lowest BCUT2D eigenvalue weighted by molar-refractivity contribution is -0.198. The molecular weight excluding hydrogens is 923 g/mol. The maximum atomic E-state index is 13.4. The van der Waals surface area contributed by atoms with E-state index in [-0.39, 0.29) is 74.5 Å². The van der Waals surface area contributed by atoms with Crippen molar-refractivity contribution in [1.29, 1.82) is 0 Å². The lowest BCUT2D eigenvalue weighted by Crippen LogP contribution is -2.60. The van der Waals surface area contributed by atoms with Gasteiger partial charge in [-0.05, 0) is 62.1 Å². The van der Waals surface area contributed by atoms with Gasteiger partial charge in [0.2, 0.25) is 35.4 Å². The molecule has 3 aromatic rings. The molecule has 0 aliphatic carbocycles. The van der Waals surface area contributed by atoms with Gasteiger partial charge in [-0.15, -0.1) is 0 Å². The molecule has 0 radical (unpaired) electrons. The first kappa shape index (κ1) is 54.0. The molecule has 10 atom stereocenters. The summed E-state index contributed by atoms with van der Waals surface area (Å²) in [4.78, 5) is 110. The van der Waals surface area contributed by atoms with Gasteiger partial charge in [0.15, 0.2) is 17.7 Å². The number of imide groups is 1. The number of imidazole rings is 1. The van der Waals surface area contributed by atoms with Crippen LogP contribution in [-0.2, 0) is 44.8 Å². The quantitative estimate of drug-likeness (QED) is 0.0611. The van der Waals surface area contributed by atoms with Crippen LogP contribution in [-0.4, -0.2) is 155 Å². The zero-order valence-corrected chi connectivity index (χ0v) is 41.0. The summed E-state index contributed by atoms with van der Waals surface area (Å²) >= 11 is 0. The molecule has 6 rings (SSSR count). The second kappa shape index (κ2) is 25.2. The molecule has 2 aromatic heterocycles. The van der Waals surface area contributed by atoms with Gasteiger partial charge >= 0.3 is 6.09 Å². The van der Waals surface area contributed by atoms with Crippen molar-refractivity contribution in [3.63, 3.8) is 0 Å². The van der Waals surface area contributed by atoms with E-state index < -0.39 is 84.9 Å². The molecule has 0 spiro atoms. The van der Waals surface area contributed by atoms with Gasteiger partial charge in [0, 0.05) is 44.1 Å². The van der Waals surface area contributed by atoms with E-state index in [0.717, 1.165) is 32.1 Å². The van der Waals surface area contributed by atoms with E-state index in [1.165, 1.54) is 29.4 Å². The van der Waals surface area contributed by atoms with Crippen molar-refractivity contribution in [3.05, 3.63) is 42.5 Å². The number of rotatable bonds is 23. The van der Waals surface area contributed by atoms with E-state index in [1.54, 1.807) is 38.1 Å². The van der Waals surface area contributed by atoms with Crippen molar-refractivity contribution in [3.8, 4) is 0 Å². The second-order valence-corrected chi connectivity index (χ2v) is 18.9. The van der Waals surface area contributed by atoms with Gasteiger partial charge in [0.05, 0.1) is 31.1 Å². The summed E-state index contributed by atoms with van der Waals surface area (Å²) in [6, 6.07) is 3.60. The number of aromatic nitrogens is 4. The first-order chi connectivity index (χ1) is 34.0. The average Bonchev–Trinajstić information content (AvgIpc) is 4.12. The molecule has 388 valence electrons. The number of aliphatic hydroxyl groups excluding tert-OH is 3. The Bertz CT molecular complexity index is 2330. The highest BCUT2D eigenvalue weighted by Gasteiger charge is 2.46. The van der Waals surface area contributed by atoms with Gasteiger partial charge in [0.1, 0.15) is 42.7 Å². The standard InChI is InChI=1S/C48H69N11O12/c1-6-8-11-29(10-7-2)31-20-36(62)59(47(31)68)19-17-35(61)56-37(26(3)4)45(67)54-27(5)43(65)55-30-15-13-28(14-16-30)23-70-48(69)58-18-9-12-33(58)44(66)49-21-32-34(22-60)71-46(40(64)39(32)63)57-42-38-41(51-24-50-38)52-25-53-42/h13-16,24-27,29,31-34,37,39-40,46,60,63-64H,6-12,17-23H2,1-5H3,(H,49,66)(H,54,67)(H,55,65)(H,56,61)(H2,50,51,52,53,57)/t27-,29?,31?,32-,33+,34-,37-,39+,40-,46-/m0/s1. The number of anilines is 2. The van der Waals surface area contributed by atoms with E-state index in [9.17, 15) is 48.9 Å². The Labute approximate surface area is 412 Å². The van der Waals surface area contributed by atoms with Crippen LogP contribution >= 0.6 is 0 Å². The fraction of sp³-hybridized carbons (Fsp3) is 0.625. The number of carbonyl (C=O) groups excluding carboxylic acids is 7. The summed E-state index contributed by atoms with van der Waals surface area (Å²) in [6.45, 7) is 8.48.